The van der Waals surface area contributed by atoms with Gasteiger partial charge in [0.15, 0.2) is 0 Å². The predicted molar refractivity (Wildman–Crippen MR) is 131 cm³/mol. The zero-order valence-corrected chi connectivity index (χ0v) is 19.5. The Hall–Kier alpha value is -2.23. The standard InChI is InChI=1S/C22H27N5O2S2/c1-3-4-6-10-27-21(29)17(31-22(27)30)15-16-19(25-13-11-24(2)12-14-25)23-18-8-5-7-9-26(18)20(16)28/h5,7-9,15H,3-4,6,10-14H2,1-2H3. The zero-order valence-electron chi connectivity index (χ0n) is 17.9. The van der Waals surface area contributed by atoms with Crippen molar-refractivity contribution in [2.24, 2.45) is 0 Å². The topological polar surface area (TPSA) is 61.2 Å². The van der Waals surface area contributed by atoms with Crippen LogP contribution in [0.15, 0.2) is 34.1 Å². The largest absolute Gasteiger partial charge is 0.353 e. The summed E-state index contributed by atoms with van der Waals surface area (Å²) in [5.74, 6) is 0.522. The maximum Gasteiger partial charge on any atom is 0.267 e. The molecule has 2 fully saturated rings. The first-order valence-corrected chi connectivity index (χ1v) is 11.9. The molecule has 2 aliphatic heterocycles. The molecule has 4 rings (SSSR count). The number of hydrogen-bond donors (Lipinski definition) is 0. The van der Waals surface area contributed by atoms with Gasteiger partial charge in [-0.05, 0) is 31.7 Å². The molecule has 0 saturated carbocycles. The third-order valence-electron chi connectivity index (χ3n) is 5.69. The summed E-state index contributed by atoms with van der Waals surface area (Å²) in [5.41, 5.74) is 0.879. The van der Waals surface area contributed by atoms with E-state index < -0.39 is 0 Å². The van der Waals surface area contributed by atoms with E-state index in [0.29, 0.717) is 32.8 Å². The normalized spacial score (nSPS) is 19.2. The highest BCUT2D eigenvalue weighted by molar-refractivity contribution is 8.26. The highest BCUT2D eigenvalue weighted by Crippen LogP contribution is 2.33. The molecule has 7 nitrogen and oxygen atoms in total. The van der Waals surface area contributed by atoms with E-state index in [0.717, 1.165) is 45.4 Å². The van der Waals surface area contributed by atoms with Crippen molar-refractivity contribution < 1.29 is 4.79 Å². The van der Waals surface area contributed by atoms with Crippen molar-refractivity contribution in [1.29, 1.82) is 0 Å². The molecule has 0 N–H and O–H groups in total. The van der Waals surface area contributed by atoms with Gasteiger partial charge in [0.05, 0.1) is 10.5 Å². The quantitative estimate of drug-likeness (QED) is 0.376. The molecule has 4 heterocycles. The van der Waals surface area contributed by atoms with Gasteiger partial charge < -0.3 is 9.80 Å². The Kier molecular flexibility index (Phi) is 6.74. The Morgan fingerprint density at radius 2 is 1.94 bits per heavy atom. The van der Waals surface area contributed by atoms with Gasteiger partial charge >= 0.3 is 0 Å². The number of piperazine rings is 1. The van der Waals surface area contributed by atoms with Crippen LogP contribution in [0.25, 0.3) is 11.7 Å². The zero-order chi connectivity index (χ0) is 22.0. The Morgan fingerprint density at radius 1 is 1.16 bits per heavy atom. The molecule has 2 aliphatic rings. The van der Waals surface area contributed by atoms with E-state index in [1.807, 2.05) is 18.2 Å². The van der Waals surface area contributed by atoms with Gasteiger partial charge in [-0.2, -0.15) is 0 Å². The summed E-state index contributed by atoms with van der Waals surface area (Å²) in [4.78, 5) is 37.8. The van der Waals surface area contributed by atoms with Gasteiger partial charge in [0.1, 0.15) is 15.8 Å². The predicted octanol–water partition coefficient (Wildman–Crippen LogP) is 2.84. The van der Waals surface area contributed by atoms with E-state index in [1.54, 1.807) is 17.2 Å². The van der Waals surface area contributed by atoms with Gasteiger partial charge in [-0.3, -0.25) is 18.9 Å². The van der Waals surface area contributed by atoms with Crippen molar-refractivity contribution in [2.45, 2.75) is 26.2 Å². The lowest BCUT2D eigenvalue weighted by Gasteiger charge is -2.34. The second kappa shape index (κ2) is 9.50. The first kappa shape index (κ1) is 22.0. The molecule has 1 amide bonds. The van der Waals surface area contributed by atoms with E-state index >= 15 is 0 Å². The average Bonchev–Trinajstić information content (AvgIpc) is 3.04. The Morgan fingerprint density at radius 3 is 2.68 bits per heavy atom. The monoisotopic (exact) mass is 457 g/mol. The molecule has 0 atom stereocenters. The number of unbranched alkanes of at least 4 members (excludes halogenated alkanes) is 2. The number of carbonyl (C=O) groups is 1. The van der Waals surface area contributed by atoms with Gasteiger partial charge in [0.25, 0.3) is 11.5 Å². The molecule has 2 aromatic heterocycles. The van der Waals surface area contributed by atoms with Crippen LogP contribution in [-0.2, 0) is 4.79 Å². The van der Waals surface area contributed by atoms with E-state index in [1.165, 1.54) is 16.2 Å². The van der Waals surface area contributed by atoms with Crippen molar-refractivity contribution in [3.8, 4) is 0 Å². The summed E-state index contributed by atoms with van der Waals surface area (Å²) in [5, 5.41) is 0. The lowest BCUT2D eigenvalue weighted by molar-refractivity contribution is -0.122. The number of amides is 1. The number of fused-ring (bicyclic) bond motifs is 1. The lowest BCUT2D eigenvalue weighted by atomic mass is 10.2. The maximum absolute atomic E-state index is 13.4. The van der Waals surface area contributed by atoms with Gasteiger partial charge in [-0.1, -0.05) is 49.8 Å². The van der Waals surface area contributed by atoms with E-state index in [-0.39, 0.29) is 11.5 Å². The van der Waals surface area contributed by atoms with Crippen molar-refractivity contribution in [3.05, 3.63) is 45.2 Å². The SMILES string of the molecule is CCCCCN1C(=O)C(=Cc2c(N3CCN(C)CC3)nc3ccccn3c2=O)SC1=S. The van der Waals surface area contributed by atoms with Crippen molar-refractivity contribution in [3.63, 3.8) is 0 Å². The molecular formula is C22H27N5O2S2. The van der Waals surface area contributed by atoms with Crippen LogP contribution in [0.3, 0.4) is 0 Å². The number of anilines is 1. The number of likely N-dealkylation sites (N-methyl/N-ethyl adjacent to an activating group) is 1. The summed E-state index contributed by atoms with van der Waals surface area (Å²) in [7, 11) is 2.09. The van der Waals surface area contributed by atoms with Gasteiger partial charge in [0.2, 0.25) is 0 Å². The van der Waals surface area contributed by atoms with Crippen molar-refractivity contribution in [1.82, 2.24) is 19.2 Å². The van der Waals surface area contributed by atoms with Crippen LogP contribution >= 0.6 is 24.0 Å². The van der Waals surface area contributed by atoms with Gasteiger partial charge in [0, 0.05) is 38.9 Å². The Bertz CT molecular complexity index is 1090. The molecule has 2 saturated heterocycles. The van der Waals surface area contributed by atoms with Gasteiger partial charge in [-0.15, -0.1) is 0 Å². The summed E-state index contributed by atoms with van der Waals surface area (Å²) in [6, 6.07) is 5.51. The molecule has 0 unspecified atom stereocenters. The number of pyridine rings is 1. The molecule has 0 bridgehead atoms. The summed E-state index contributed by atoms with van der Waals surface area (Å²) in [6.07, 6.45) is 6.47. The Labute approximate surface area is 191 Å². The van der Waals surface area contributed by atoms with E-state index in [2.05, 4.69) is 23.8 Å². The van der Waals surface area contributed by atoms with Crippen LogP contribution in [0.2, 0.25) is 0 Å². The fourth-order valence-electron chi connectivity index (χ4n) is 3.82. The lowest BCUT2D eigenvalue weighted by Crippen LogP contribution is -2.45. The molecular weight excluding hydrogens is 430 g/mol. The van der Waals surface area contributed by atoms with Crippen molar-refractivity contribution in [2.75, 3.05) is 44.7 Å². The van der Waals surface area contributed by atoms with Gasteiger partial charge in [-0.25, -0.2) is 4.98 Å². The van der Waals surface area contributed by atoms with Crippen LogP contribution in [0.5, 0.6) is 0 Å². The van der Waals surface area contributed by atoms with Crippen LogP contribution in [0, 0.1) is 0 Å². The fourth-order valence-corrected chi connectivity index (χ4v) is 5.11. The number of hydrogen-bond acceptors (Lipinski definition) is 7. The minimum Gasteiger partial charge on any atom is -0.353 e. The highest BCUT2D eigenvalue weighted by atomic mass is 32.2. The van der Waals surface area contributed by atoms with Crippen LogP contribution in [0.4, 0.5) is 5.82 Å². The minimum atomic E-state index is -0.171. The number of aromatic nitrogens is 2. The first-order chi connectivity index (χ1) is 15.0. The third-order valence-corrected chi connectivity index (χ3v) is 7.06. The highest BCUT2D eigenvalue weighted by Gasteiger charge is 2.32. The number of thiocarbonyl (C=S) groups is 1. The smallest absolute Gasteiger partial charge is 0.267 e. The van der Waals surface area contributed by atoms with Crippen LogP contribution in [0.1, 0.15) is 31.7 Å². The summed E-state index contributed by atoms with van der Waals surface area (Å²) >= 11 is 6.72. The van der Waals surface area contributed by atoms with Crippen LogP contribution < -0.4 is 10.5 Å². The van der Waals surface area contributed by atoms with Crippen molar-refractivity contribution >= 4 is 51.7 Å². The molecule has 31 heavy (non-hydrogen) atoms. The Balaban J connectivity index is 1.75. The summed E-state index contributed by atoms with van der Waals surface area (Å²) in [6.45, 7) is 6.11. The van der Waals surface area contributed by atoms with E-state index in [4.69, 9.17) is 17.2 Å². The number of thioether (sulfide) groups is 1. The molecule has 0 radical (unpaired) electrons. The van der Waals surface area contributed by atoms with E-state index in [9.17, 15) is 9.59 Å². The molecule has 0 aromatic carbocycles. The minimum absolute atomic E-state index is 0.118. The fraction of sp³-hybridized carbons (Fsp3) is 0.455. The number of nitrogens with zero attached hydrogens (tertiary/aromatic N) is 5. The first-order valence-electron chi connectivity index (χ1n) is 10.7. The molecule has 164 valence electrons. The molecule has 9 heteroatoms. The molecule has 0 aliphatic carbocycles. The second-order valence-corrected chi connectivity index (χ2v) is 9.59. The summed E-state index contributed by atoms with van der Waals surface area (Å²) < 4.78 is 2.09. The average molecular weight is 458 g/mol. The molecule has 0 spiro atoms. The molecule has 2 aromatic rings. The number of carbonyl (C=O) groups excluding carboxylic acids is 1. The number of rotatable bonds is 6. The second-order valence-electron chi connectivity index (χ2n) is 7.91. The van der Waals surface area contributed by atoms with Crippen LogP contribution in [-0.4, -0.2) is 69.2 Å². The maximum atomic E-state index is 13.4. The third kappa shape index (κ3) is 4.53.